The molecule has 1 atom stereocenters. The predicted molar refractivity (Wildman–Crippen MR) is 104 cm³/mol. The van der Waals surface area contributed by atoms with Crippen LogP contribution in [0.3, 0.4) is 0 Å². The number of para-hydroxylation sites is 1. The number of amides is 1. The molecule has 1 unspecified atom stereocenters. The lowest BCUT2D eigenvalue weighted by Crippen LogP contribution is -2.42. The maximum absolute atomic E-state index is 12.9. The van der Waals surface area contributed by atoms with Crippen LogP contribution in [0, 0.1) is 12.3 Å². The van der Waals surface area contributed by atoms with E-state index in [1.54, 1.807) is 30.3 Å². The number of fused-ring (bicyclic) bond motifs is 2. The molecule has 2 aromatic carbocycles. The van der Waals surface area contributed by atoms with Crippen LogP contribution in [-0.2, 0) is 23.2 Å². The largest absolute Gasteiger partial charge is 0.375 e. The molecule has 0 bridgehead atoms. The first-order chi connectivity index (χ1) is 13.0. The van der Waals surface area contributed by atoms with Crippen molar-refractivity contribution in [1.29, 1.82) is 0 Å². The molecule has 1 amide bonds. The van der Waals surface area contributed by atoms with Crippen LogP contribution in [0.5, 0.6) is 0 Å². The van der Waals surface area contributed by atoms with E-state index in [1.807, 2.05) is 12.1 Å². The summed E-state index contributed by atoms with van der Waals surface area (Å²) in [4.78, 5) is 27.2. The molecule has 2 aromatic rings. The van der Waals surface area contributed by atoms with Gasteiger partial charge in [0.1, 0.15) is 0 Å². The first-order valence-corrected chi connectivity index (χ1v) is 9.27. The Bertz CT molecular complexity index is 972. The fourth-order valence-corrected chi connectivity index (χ4v) is 4.17. The summed E-state index contributed by atoms with van der Waals surface area (Å²) in [7, 11) is 0. The van der Waals surface area contributed by atoms with Crippen molar-refractivity contribution in [1.82, 2.24) is 0 Å². The number of aryl methyl sites for hydroxylation is 2. The maximum Gasteiger partial charge on any atom is 0.265 e. The molecular formula is C23H21NO3. The molecule has 1 N–H and O–H groups in total. The average molecular weight is 359 g/mol. The third kappa shape index (κ3) is 2.85. The molecule has 136 valence electrons. The molecule has 0 radical (unpaired) electrons. The van der Waals surface area contributed by atoms with Gasteiger partial charge in [0.15, 0.2) is 11.4 Å². The minimum absolute atomic E-state index is 0.0607. The Labute approximate surface area is 158 Å². The highest BCUT2D eigenvalue weighted by Crippen LogP contribution is 2.42. The molecule has 0 spiro atoms. The number of nitrogens with zero attached hydrogens (tertiary/aromatic N) is 1. The van der Waals surface area contributed by atoms with Gasteiger partial charge in [0.25, 0.3) is 5.91 Å². The fraction of sp³-hybridized carbons (Fsp3) is 0.304. The van der Waals surface area contributed by atoms with Gasteiger partial charge in [-0.2, -0.15) is 0 Å². The molecule has 27 heavy (non-hydrogen) atoms. The van der Waals surface area contributed by atoms with Gasteiger partial charge in [0.2, 0.25) is 0 Å². The number of aliphatic hydroxyl groups is 1. The number of hydrogen-bond donors (Lipinski definition) is 1. The van der Waals surface area contributed by atoms with E-state index < -0.39 is 11.5 Å². The molecule has 1 aliphatic carbocycles. The number of ketones is 1. The van der Waals surface area contributed by atoms with Crippen molar-refractivity contribution in [3.63, 3.8) is 0 Å². The standard InChI is InChI=1S/C23H21NO3/c1-2-13-24-20-10-6-5-9-19(20)23(27,22(24)26)15-21(25)18-12-11-16-7-3-4-8-17(16)14-18/h1,5-6,9-12,14,27H,3-4,7-8,13,15H2. The Morgan fingerprint density at radius 1 is 1.15 bits per heavy atom. The minimum Gasteiger partial charge on any atom is -0.375 e. The Balaban J connectivity index is 1.66. The molecule has 0 aromatic heterocycles. The third-order valence-corrected chi connectivity index (χ3v) is 5.58. The van der Waals surface area contributed by atoms with Gasteiger partial charge >= 0.3 is 0 Å². The zero-order chi connectivity index (χ0) is 19.0. The Morgan fingerprint density at radius 3 is 2.67 bits per heavy atom. The number of carbonyl (C=O) groups excluding carboxylic acids is 2. The summed E-state index contributed by atoms with van der Waals surface area (Å²) >= 11 is 0. The molecule has 0 saturated carbocycles. The van der Waals surface area contributed by atoms with Gasteiger partial charge in [-0.05, 0) is 48.9 Å². The number of anilines is 1. The summed E-state index contributed by atoms with van der Waals surface area (Å²) in [5, 5.41) is 11.2. The molecule has 0 fully saturated rings. The quantitative estimate of drug-likeness (QED) is 0.674. The average Bonchev–Trinajstić information content (AvgIpc) is 2.90. The van der Waals surface area contributed by atoms with Gasteiger partial charge in [-0.1, -0.05) is 36.3 Å². The van der Waals surface area contributed by atoms with Crippen LogP contribution in [0.15, 0.2) is 42.5 Å². The van der Waals surface area contributed by atoms with Gasteiger partial charge in [-0.25, -0.2) is 0 Å². The smallest absolute Gasteiger partial charge is 0.265 e. The Hall–Kier alpha value is -2.90. The van der Waals surface area contributed by atoms with E-state index in [0.717, 1.165) is 19.3 Å². The Morgan fingerprint density at radius 2 is 1.89 bits per heavy atom. The van der Waals surface area contributed by atoms with E-state index in [2.05, 4.69) is 5.92 Å². The lowest BCUT2D eigenvalue weighted by Gasteiger charge is -2.22. The number of terminal acetylenes is 1. The third-order valence-electron chi connectivity index (χ3n) is 5.58. The minimum atomic E-state index is -1.87. The number of Topliss-reactive ketones (excluding diaryl/α,β-unsaturated/α-hetero) is 1. The number of hydrogen-bond acceptors (Lipinski definition) is 3. The van der Waals surface area contributed by atoms with E-state index in [9.17, 15) is 14.7 Å². The zero-order valence-corrected chi connectivity index (χ0v) is 15.1. The Kier molecular flexibility index (Phi) is 4.33. The monoisotopic (exact) mass is 359 g/mol. The molecule has 4 heteroatoms. The highest BCUT2D eigenvalue weighted by Gasteiger charge is 2.50. The summed E-state index contributed by atoms with van der Waals surface area (Å²) in [6, 6.07) is 12.7. The maximum atomic E-state index is 12.9. The van der Waals surface area contributed by atoms with Crippen LogP contribution in [-0.4, -0.2) is 23.3 Å². The van der Waals surface area contributed by atoms with E-state index in [1.165, 1.54) is 22.4 Å². The van der Waals surface area contributed by atoms with Crippen LogP contribution in [0.25, 0.3) is 0 Å². The van der Waals surface area contributed by atoms with Crippen LogP contribution < -0.4 is 4.90 Å². The van der Waals surface area contributed by atoms with Gasteiger partial charge < -0.3 is 5.11 Å². The van der Waals surface area contributed by atoms with Crippen molar-refractivity contribution in [3.05, 3.63) is 64.7 Å². The first kappa shape index (κ1) is 17.5. The van der Waals surface area contributed by atoms with Crippen molar-refractivity contribution in [2.45, 2.75) is 37.7 Å². The highest BCUT2D eigenvalue weighted by atomic mass is 16.3. The van der Waals surface area contributed by atoms with Gasteiger partial charge in [-0.15, -0.1) is 6.42 Å². The zero-order valence-electron chi connectivity index (χ0n) is 15.1. The second kappa shape index (κ2) is 6.68. The fourth-order valence-electron chi connectivity index (χ4n) is 4.17. The van der Waals surface area contributed by atoms with Crippen molar-refractivity contribution >= 4 is 17.4 Å². The number of carbonyl (C=O) groups is 2. The van der Waals surface area contributed by atoms with Crippen LogP contribution in [0.2, 0.25) is 0 Å². The normalized spacial score (nSPS) is 20.7. The summed E-state index contributed by atoms with van der Waals surface area (Å²) in [5.74, 6) is 1.67. The van der Waals surface area contributed by atoms with Gasteiger partial charge in [0.05, 0.1) is 18.7 Å². The van der Waals surface area contributed by atoms with Crippen LogP contribution >= 0.6 is 0 Å². The molecule has 0 saturated heterocycles. The lowest BCUT2D eigenvalue weighted by molar-refractivity contribution is -0.135. The number of benzene rings is 2. The second-order valence-corrected chi connectivity index (χ2v) is 7.26. The summed E-state index contributed by atoms with van der Waals surface area (Å²) < 4.78 is 0. The number of rotatable bonds is 4. The highest BCUT2D eigenvalue weighted by molar-refractivity contribution is 6.11. The van der Waals surface area contributed by atoms with Crippen molar-refractivity contribution in [2.75, 3.05) is 11.4 Å². The molecule has 1 heterocycles. The van der Waals surface area contributed by atoms with Crippen LogP contribution in [0.1, 0.15) is 46.3 Å². The van der Waals surface area contributed by atoms with Gasteiger partial charge in [0, 0.05) is 11.1 Å². The molecule has 1 aliphatic heterocycles. The summed E-state index contributed by atoms with van der Waals surface area (Å²) in [5.41, 5.74) is 2.17. The molecule has 4 rings (SSSR count). The van der Waals surface area contributed by atoms with Gasteiger partial charge in [-0.3, -0.25) is 14.5 Å². The first-order valence-electron chi connectivity index (χ1n) is 9.27. The summed E-state index contributed by atoms with van der Waals surface area (Å²) in [6.07, 6.45) is 9.41. The molecule has 4 nitrogen and oxygen atoms in total. The predicted octanol–water partition coefficient (Wildman–Crippen LogP) is 3.01. The molecule has 2 aliphatic rings. The summed E-state index contributed by atoms with van der Waals surface area (Å²) in [6.45, 7) is 0.0607. The van der Waals surface area contributed by atoms with E-state index in [-0.39, 0.29) is 18.7 Å². The van der Waals surface area contributed by atoms with Crippen molar-refractivity contribution < 1.29 is 14.7 Å². The van der Waals surface area contributed by atoms with E-state index >= 15 is 0 Å². The second-order valence-electron chi connectivity index (χ2n) is 7.26. The van der Waals surface area contributed by atoms with Crippen LogP contribution in [0.4, 0.5) is 5.69 Å². The van der Waals surface area contributed by atoms with E-state index in [0.29, 0.717) is 16.8 Å². The SMILES string of the molecule is C#CCN1C(=O)C(O)(CC(=O)c2ccc3c(c2)CCCC3)c2ccccc21. The topological polar surface area (TPSA) is 57.6 Å². The molecular weight excluding hydrogens is 338 g/mol. The van der Waals surface area contributed by atoms with Crippen molar-refractivity contribution in [3.8, 4) is 12.3 Å². The van der Waals surface area contributed by atoms with Crippen molar-refractivity contribution in [2.24, 2.45) is 0 Å². The lowest BCUT2D eigenvalue weighted by atomic mass is 9.85. The van der Waals surface area contributed by atoms with E-state index in [4.69, 9.17) is 6.42 Å².